The fourth-order valence-corrected chi connectivity index (χ4v) is 3.63. The second-order valence-electron chi connectivity index (χ2n) is 4.27. The Kier molecular flexibility index (Phi) is 4.68. The van der Waals surface area contributed by atoms with E-state index in [2.05, 4.69) is 4.72 Å². The molecule has 0 aliphatic rings. The molecule has 0 unspecified atom stereocenters. The van der Waals surface area contributed by atoms with Gasteiger partial charge in [-0.1, -0.05) is 40.9 Å². The van der Waals surface area contributed by atoms with Crippen molar-refractivity contribution in [3.63, 3.8) is 0 Å². The van der Waals surface area contributed by atoms with Gasteiger partial charge >= 0.3 is 0 Å². The van der Waals surface area contributed by atoms with Crippen molar-refractivity contribution >= 4 is 50.5 Å². The number of nitrogens with one attached hydrogen (secondary N) is 1. The SMILES string of the molecule is Cc1ccc(NS(=O)(=O)c2cc(Cl)c(Cl)cc2Cl)cc1F. The minimum Gasteiger partial charge on any atom is -0.279 e. The van der Waals surface area contributed by atoms with Gasteiger partial charge in [-0.15, -0.1) is 0 Å². The zero-order chi connectivity index (χ0) is 15.8. The summed E-state index contributed by atoms with van der Waals surface area (Å²) in [6.45, 7) is 1.57. The molecule has 8 heteroatoms. The molecule has 0 radical (unpaired) electrons. The molecular formula is C13H9Cl3FNO2S. The van der Waals surface area contributed by atoms with Gasteiger partial charge in [0.15, 0.2) is 0 Å². The molecular weight excluding hydrogens is 360 g/mol. The lowest BCUT2D eigenvalue weighted by Crippen LogP contribution is -2.13. The van der Waals surface area contributed by atoms with Crippen molar-refractivity contribution in [2.75, 3.05) is 4.72 Å². The predicted octanol–water partition coefficient (Wildman–Crippen LogP) is 4.90. The van der Waals surface area contributed by atoms with Gasteiger partial charge in [-0.05, 0) is 36.8 Å². The highest BCUT2D eigenvalue weighted by Gasteiger charge is 2.20. The maximum Gasteiger partial charge on any atom is 0.263 e. The van der Waals surface area contributed by atoms with E-state index in [1.807, 2.05) is 0 Å². The van der Waals surface area contributed by atoms with Gasteiger partial charge in [0, 0.05) is 0 Å². The molecule has 0 aromatic heterocycles. The van der Waals surface area contributed by atoms with Crippen molar-refractivity contribution in [2.45, 2.75) is 11.8 Å². The topological polar surface area (TPSA) is 46.2 Å². The Hall–Kier alpha value is -1.01. The smallest absolute Gasteiger partial charge is 0.263 e. The van der Waals surface area contributed by atoms with E-state index in [0.717, 1.165) is 12.1 Å². The fraction of sp³-hybridized carbons (Fsp3) is 0.0769. The first-order valence-electron chi connectivity index (χ1n) is 5.64. The van der Waals surface area contributed by atoms with Crippen LogP contribution in [-0.2, 0) is 10.0 Å². The van der Waals surface area contributed by atoms with Gasteiger partial charge < -0.3 is 0 Å². The molecule has 0 atom stereocenters. The largest absolute Gasteiger partial charge is 0.279 e. The van der Waals surface area contributed by atoms with Crippen molar-refractivity contribution in [1.82, 2.24) is 0 Å². The molecule has 2 aromatic carbocycles. The zero-order valence-electron chi connectivity index (χ0n) is 10.6. The van der Waals surface area contributed by atoms with Gasteiger partial charge in [0.05, 0.1) is 20.8 Å². The van der Waals surface area contributed by atoms with Crippen LogP contribution in [0.2, 0.25) is 15.1 Å². The quantitative estimate of drug-likeness (QED) is 0.784. The molecule has 0 saturated carbocycles. The van der Waals surface area contributed by atoms with Crippen LogP contribution in [0.5, 0.6) is 0 Å². The Labute approximate surface area is 136 Å². The van der Waals surface area contributed by atoms with Gasteiger partial charge in [0.25, 0.3) is 10.0 Å². The molecule has 0 bridgehead atoms. The van der Waals surface area contributed by atoms with Gasteiger partial charge in [-0.25, -0.2) is 12.8 Å². The number of hydrogen-bond acceptors (Lipinski definition) is 2. The molecule has 0 aliphatic heterocycles. The highest BCUT2D eigenvalue weighted by atomic mass is 35.5. The van der Waals surface area contributed by atoms with Gasteiger partial charge in [-0.2, -0.15) is 0 Å². The Morgan fingerprint density at radius 1 is 1.00 bits per heavy atom. The highest BCUT2D eigenvalue weighted by molar-refractivity contribution is 7.92. The maximum atomic E-state index is 13.5. The van der Waals surface area contributed by atoms with Crippen molar-refractivity contribution in [3.8, 4) is 0 Å². The first-order valence-corrected chi connectivity index (χ1v) is 8.26. The molecule has 0 heterocycles. The summed E-state index contributed by atoms with van der Waals surface area (Å²) >= 11 is 17.4. The van der Waals surface area contributed by atoms with Crippen LogP contribution in [0.25, 0.3) is 0 Å². The summed E-state index contributed by atoms with van der Waals surface area (Å²) in [4.78, 5) is -0.237. The summed E-state index contributed by atoms with van der Waals surface area (Å²) in [5, 5.41) is 0.114. The second-order valence-corrected chi connectivity index (χ2v) is 7.14. The van der Waals surface area contributed by atoms with Gasteiger partial charge in [-0.3, -0.25) is 4.72 Å². The number of sulfonamides is 1. The zero-order valence-corrected chi connectivity index (χ0v) is 13.7. The Balaban J connectivity index is 2.43. The van der Waals surface area contributed by atoms with E-state index in [1.54, 1.807) is 6.92 Å². The summed E-state index contributed by atoms with van der Waals surface area (Å²) in [5.74, 6) is -0.518. The third kappa shape index (κ3) is 3.61. The van der Waals surface area contributed by atoms with Crippen LogP contribution in [0.1, 0.15) is 5.56 Å². The molecule has 21 heavy (non-hydrogen) atoms. The van der Waals surface area contributed by atoms with Crippen LogP contribution in [-0.4, -0.2) is 8.42 Å². The number of benzene rings is 2. The molecule has 2 rings (SSSR count). The molecule has 0 aliphatic carbocycles. The summed E-state index contributed by atoms with van der Waals surface area (Å²) in [6.07, 6.45) is 0. The average molecular weight is 369 g/mol. The number of anilines is 1. The number of hydrogen-bond donors (Lipinski definition) is 1. The van der Waals surface area contributed by atoms with Crippen molar-refractivity contribution in [1.29, 1.82) is 0 Å². The normalized spacial score (nSPS) is 11.5. The van der Waals surface area contributed by atoms with Crippen molar-refractivity contribution in [3.05, 3.63) is 56.8 Å². The standard InChI is InChI=1S/C13H9Cl3FNO2S/c1-7-2-3-8(4-12(7)17)18-21(19,20)13-6-10(15)9(14)5-11(13)16/h2-6,18H,1H3. The molecule has 1 N–H and O–H groups in total. The monoisotopic (exact) mass is 367 g/mol. The summed E-state index contributed by atoms with van der Waals surface area (Å²) in [5.41, 5.74) is 0.491. The van der Waals surface area contributed by atoms with Crippen LogP contribution in [0.4, 0.5) is 10.1 Å². The Bertz CT molecular complexity index is 809. The van der Waals surface area contributed by atoms with E-state index in [-0.39, 0.29) is 25.7 Å². The number of rotatable bonds is 3. The highest BCUT2D eigenvalue weighted by Crippen LogP contribution is 2.32. The van der Waals surface area contributed by atoms with Crippen LogP contribution in [0.15, 0.2) is 35.2 Å². The first kappa shape index (κ1) is 16.4. The summed E-state index contributed by atoms with van der Waals surface area (Å²) < 4.78 is 40.2. The first-order chi connectivity index (χ1) is 9.70. The van der Waals surface area contributed by atoms with Crippen LogP contribution >= 0.6 is 34.8 Å². The van der Waals surface area contributed by atoms with E-state index in [0.29, 0.717) is 5.56 Å². The molecule has 0 spiro atoms. The lowest BCUT2D eigenvalue weighted by Gasteiger charge is -2.11. The van der Waals surface area contributed by atoms with Crippen molar-refractivity contribution < 1.29 is 12.8 Å². The van der Waals surface area contributed by atoms with Gasteiger partial charge in [0.2, 0.25) is 0 Å². The maximum absolute atomic E-state index is 13.5. The third-order valence-electron chi connectivity index (χ3n) is 2.69. The molecule has 0 fully saturated rings. The lowest BCUT2D eigenvalue weighted by molar-refractivity contribution is 0.601. The van der Waals surface area contributed by atoms with E-state index in [1.165, 1.54) is 18.2 Å². The fourth-order valence-electron chi connectivity index (χ4n) is 1.58. The van der Waals surface area contributed by atoms with E-state index in [4.69, 9.17) is 34.8 Å². The lowest BCUT2D eigenvalue weighted by atomic mass is 10.2. The molecule has 3 nitrogen and oxygen atoms in total. The minimum atomic E-state index is -4.00. The molecule has 112 valence electrons. The third-order valence-corrected chi connectivity index (χ3v) is 5.26. The van der Waals surface area contributed by atoms with Crippen LogP contribution in [0, 0.1) is 12.7 Å². The van der Waals surface area contributed by atoms with Gasteiger partial charge in [0.1, 0.15) is 10.7 Å². The van der Waals surface area contributed by atoms with E-state index >= 15 is 0 Å². The number of aryl methyl sites for hydroxylation is 1. The minimum absolute atomic E-state index is 0.0523. The van der Waals surface area contributed by atoms with Crippen molar-refractivity contribution in [2.24, 2.45) is 0 Å². The van der Waals surface area contributed by atoms with E-state index < -0.39 is 15.8 Å². The average Bonchev–Trinajstić information content (AvgIpc) is 2.37. The van der Waals surface area contributed by atoms with E-state index in [9.17, 15) is 12.8 Å². The summed E-state index contributed by atoms with van der Waals surface area (Å²) in [6, 6.07) is 6.36. The van der Waals surface area contributed by atoms with Crippen LogP contribution in [0.3, 0.4) is 0 Å². The molecule has 0 saturated heterocycles. The summed E-state index contributed by atoms with van der Waals surface area (Å²) in [7, 11) is -4.00. The number of halogens is 4. The Morgan fingerprint density at radius 3 is 2.24 bits per heavy atom. The van der Waals surface area contributed by atoms with Crippen LogP contribution < -0.4 is 4.72 Å². The molecule has 2 aromatic rings. The predicted molar refractivity (Wildman–Crippen MR) is 83.4 cm³/mol. The molecule has 0 amide bonds. The second kappa shape index (κ2) is 6.01. The Morgan fingerprint density at radius 2 is 1.62 bits per heavy atom.